The molecule has 1 N–H and O–H groups in total. The molecule has 11 heteroatoms. The number of nitrogens with one attached hydrogen (secondary N) is 1. The van der Waals surface area contributed by atoms with Crippen LogP contribution in [0.3, 0.4) is 0 Å². The molecule has 0 spiro atoms. The summed E-state index contributed by atoms with van der Waals surface area (Å²) < 4.78 is 0. The van der Waals surface area contributed by atoms with E-state index < -0.39 is 0 Å². The van der Waals surface area contributed by atoms with Gasteiger partial charge >= 0.3 is 19.8 Å². The Morgan fingerprint density at radius 2 is 0.929 bits per heavy atom. The molecular weight excluding hydrogens is 907 g/mol. The fraction of sp³-hybridized carbons (Fsp3) is 0.0889. The molecule has 9 heterocycles. The third-order valence-corrected chi connectivity index (χ3v) is 11.0. The number of aryl methyl sites for hydroxylation is 4. The number of H-pyrrole nitrogens is 1. The van der Waals surface area contributed by atoms with Crippen LogP contribution in [0.4, 0.5) is 0 Å². The molecule has 0 radical (unpaired) electrons. The van der Waals surface area contributed by atoms with Crippen LogP contribution in [0.1, 0.15) is 22.3 Å². The van der Waals surface area contributed by atoms with Crippen molar-refractivity contribution in [3.63, 3.8) is 0 Å². The predicted molar refractivity (Wildman–Crippen MR) is 227 cm³/mol. The van der Waals surface area contributed by atoms with E-state index in [2.05, 4.69) is 104 Å². The Balaban J connectivity index is 0.000000141. The van der Waals surface area contributed by atoms with Gasteiger partial charge in [0, 0.05) is 57.7 Å². The number of imidazole rings is 1. The van der Waals surface area contributed by atoms with E-state index in [-0.39, 0.29) is 19.8 Å². The summed E-state index contributed by atoms with van der Waals surface area (Å²) in [6.45, 7) is 8.23. The van der Waals surface area contributed by atoms with E-state index in [9.17, 15) is 0 Å². The SMILES string of the molecule is Cc1ccnc(-c2cc(C)ccn2)c1.Cc1ccnc(-c2cc(C)ccn2)c1.[Os+4].c1csc(-c2ccc(-c3nc4c5cccnc5c5ncccc5c4[nH]3)s2)c1. The number of nitrogens with zero attached hydrogens (tertiary/aromatic N) is 7. The van der Waals surface area contributed by atoms with Gasteiger partial charge in [-0.25, -0.2) is 4.98 Å². The molecule has 0 aliphatic rings. The van der Waals surface area contributed by atoms with Gasteiger partial charge in [0.2, 0.25) is 0 Å². The summed E-state index contributed by atoms with van der Waals surface area (Å²) in [6.07, 6.45) is 10.9. The Morgan fingerprint density at radius 1 is 0.446 bits per heavy atom. The first-order chi connectivity index (χ1) is 26.9. The molecule has 0 bridgehead atoms. The fourth-order valence-corrected chi connectivity index (χ4v) is 7.97. The molecule has 8 nitrogen and oxygen atoms in total. The van der Waals surface area contributed by atoms with Crippen LogP contribution in [0.15, 0.2) is 140 Å². The number of pyridine rings is 6. The Bertz CT molecular complexity index is 2650. The quantitative estimate of drug-likeness (QED) is 0.175. The van der Waals surface area contributed by atoms with Crippen LogP contribution in [0, 0.1) is 27.7 Å². The van der Waals surface area contributed by atoms with Gasteiger partial charge in [0.05, 0.1) is 49.7 Å². The van der Waals surface area contributed by atoms with Gasteiger partial charge in [-0.1, -0.05) is 6.07 Å². The first-order valence-corrected chi connectivity index (χ1v) is 19.5. The van der Waals surface area contributed by atoms with Crippen molar-refractivity contribution in [1.82, 2.24) is 39.9 Å². The maximum atomic E-state index is 4.95. The van der Waals surface area contributed by atoms with Gasteiger partial charge in [-0.15, -0.1) is 22.7 Å². The Labute approximate surface area is 345 Å². The molecule has 0 saturated heterocycles. The van der Waals surface area contributed by atoms with Gasteiger partial charge < -0.3 is 4.98 Å². The van der Waals surface area contributed by atoms with Crippen molar-refractivity contribution in [3.8, 4) is 43.2 Å². The Hall–Kier alpha value is -5.85. The number of benzene rings is 1. The maximum Gasteiger partial charge on any atom is 4.00 e. The van der Waals surface area contributed by atoms with Gasteiger partial charge in [0.1, 0.15) is 5.82 Å². The smallest absolute Gasteiger partial charge is 0.337 e. The minimum Gasteiger partial charge on any atom is -0.337 e. The van der Waals surface area contributed by atoms with Crippen LogP contribution in [0.25, 0.3) is 76.1 Å². The largest absolute Gasteiger partial charge is 4.00 e. The van der Waals surface area contributed by atoms with Crippen LogP contribution < -0.4 is 0 Å². The zero-order valence-electron chi connectivity index (χ0n) is 31.1. The topological polar surface area (TPSA) is 106 Å². The summed E-state index contributed by atoms with van der Waals surface area (Å²) in [5.74, 6) is 0.888. The van der Waals surface area contributed by atoms with Crippen molar-refractivity contribution in [2.45, 2.75) is 27.7 Å². The molecule has 10 aromatic rings. The number of fused-ring (bicyclic) bond motifs is 6. The molecule has 272 valence electrons. The van der Waals surface area contributed by atoms with Crippen molar-refractivity contribution in [1.29, 1.82) is 0 Å². The summed E-state index contributed by atoms with van der Waals surface area (Å²) in [5.41, 5.74) is 12.3. The third-order valence-electron chi connectivity index (χ3n) is 8.86. The number of aromatic nitrogens is 8. The molecule has 0 amide bonds. The summed E-state index contributed by atoms with van der Waals surface area (Å²) in [5, 5.41) is 4.18. The molecule has 0 aliphatic heterocycles. The Morgan fingerprint density at radius 3 is 1.41 bits per heavy atom. The van der Waals surface area contributed by atoms with E-state index >= 15 is 0 Å². The fourth-order valence-electron chi connectivity index (χ4n) is 6.18. The van der Waals surface area contributed by atoms with Crippen LogP contribution >= 0.6 is 22.7 Å². The molecule has 1 aromatic carbocycles. The average molecular weight is 943 g/mol. The third kappa shape index (κ3) is 8.51. The summed E-state index contributed by atoms with van der Waals surface area (Å²) in [7, 11) is 0. The van der Waals surface area contributed by atoms with Gasteiger partial charge in [0.25, 0.3) is 0 Å². The minimum atomic E-state index is 0. The van der Waals surface area contributed by atoms with Crippen molar-refractivity contribution in [3.05, 3.63) is 162 Å². The van der Waals surface area contributed by atoms with Crippen molar-refractivity contribution >= 4 is 55.5 Å². The number of hydrogen-bond donors (Lipinski definition) is 1. The molecular formula is C45H36N8OsS2+4. The molecule has 9 aromatic heterocycles. The summed E-state index contributed by atoms with van der Waals surface area (Å²) in [6, 6.07) is 32.7. The maximum absolute atomic E-state index is 4.95. The molecule has 0 unspecified atom stereocenters. The van der Waals surface area contributed by atoms with Crippen molar-refractivity contribution < 1.29 is 19.8 Å². The minimum absolute atomic E-state index is 0. The number of aromatic amines is 1. The second-order valence-electron chi connectivity index (χ2n) is 13.1. The van der Waals surface area contributed by atoms with Crippen LogP contribution in [0.2, 0.25) is 0 Å². The van der Waals surface area contributed by atoms with Crippen molar-refractivity contribution in [2.24, 2.45) is 0 Å². The number of hydrogen-bond acceptors (Lipinski definition) is 9. The van der Waals surface area contributed by atoms with Crippen LogP contribution in [0.5, 0.6) is 0 Å². The van der Waals surface area contributed by atoms with E-state index in [1.54, 1.807) is 22.7 Å². The molecule has 0 atom stereocenters. The summed E-state index contributed by atoms with van der Waals surface area (Å²) >= 11 is 3.51. The second-order valence-corrected chi connectivity index (χ2v) is 15.2. The van der Waals surface area contributed by atoms with Crippen molar-refractivity contribution in [2.75, 3.05) is 0 Å². The van der Waals surface area contributed by atoms with Gasteiger partial charge in [-0.05, 0) is 146 Å². The van der Waals surface area contributed by atoms with E-state index in [1.165, 1.54) is 32.0 Å². The molecule has 0 aliphatic carbocycles. The van der Waals surface area contributed by atoms with Gasteiger partial charge in [-0.3, -0.25) is 29.9 Å². The predicted octanol–water partition coefficient (Wildman–Crippen LogP) is 11.6. The van der Waals surface area contributed by atoms with E-state index in [0.29, 0.717) is 0 Å². The summed E-state index contributed by atoms with van der Waals surface area (Å²) in [4.78, 5) is 38.5. The first-order valence-electron chi connectivity index (χ1n) is 17.8. The molecule has 10 rings (SSSR count). The van der Waals surface area contributed by atoms with E-state index in [4.69, 9.17) is 4.98 Å². The molecule has 0 fully saturated rings. The van der Waals surface area contributed by atoms with Gasteiger partial charge in [-0.2, -0.15) is 0 Å². The van der Waals surface area contributed by atoms with E-state index in [1.807, 2.05) is 97.8 Å². The Kier molecular flexibility index (Phi) is 11.9. The second kappa shape index (κ2) is 17.3. The average Bonchev–Trinajstić information content (AvgIpc) is 4.01. The molecule has 56 heavy (non-hydrogen) atoms. The zero-order valence-corrected chi connectivity index (χ0v) is 35.3. The van der Waals surface area contributed by atoms with Crippen LogP contribution in [-0.2, 0) is 19.8 Å². The zero-order chi connectivity index (χ0) is 37.7. The monoisotopic (exact) mass is 944 g/mol. The first kappa shape index (κ1) is 38.4. The standard InChI is InChI=1S/C21H12N4S2.2C12H12N2.Os/c1-4-12-17(22-9-1)18-13(5-2-10-23-18)20-19(12)24-21(25-20)16-8-7-15(27-16)14-6-3-11-26-14;2*1-9-3-5-13-11(7-9)12-8-10(2)4-6-14-12;/h1-11H,(H,24,25);2*3-8H,1-2H3;/q;;;+4. The number of rotatable bonds is 4. The normalized spacial score (nSPS) is 10.7. The number of thiophene rings is 2. The van der Waals surface area contributed by atoms with Crippen LogP contribution in [-0.4, -0.2) is 39.9 Å². The molecule has 0 saturated carbocycles. The van der Waals surface area contributed by atoms with Gasteiger partial charge in [0.15, 0.2) is 0 Å². The van der Waals surface area contributed by atoms with E-state index in [0.717, 1.165) is 66.3 Å².